The Labute approximate surface area is 278 Å². The maximum atomic E-state index is 6.15. The van der Waals surface area contributed by atoms with Crippen LogP contribution >= 0.6 is 23.5 Å². The van der Waals surface area contributed by atoms with Crippen LogP contribution in [0.1, 0.15) is 33.9 Å². The standard InChI is InChI=1S/C36H36N6O2S2/c1-27-13-9-11-19-31(27)43-25-33-37-39-35(41(33)23-29-15-5-3-6-16-29)45-21-22-46-36-40-38-34(26-44-32-20-12-10-14-28(32)2)42(36)24-30-17-7-4-8-18-30/h3-20H,21-26H2,1-2H3. The lowest BCUT2D eigenvalue weighted by molar-refractivity contribution is 0.287. The van der Waals surface area contributed by atoms with E-state index in [0.717, 1.165) is 56.1 Å². The number of aromatic nitrogens is 6. The van der Waals surface area contributed by atoms with Gasteiger partial charge in [-0.3, -0.25) is 9.13 Å². The summed E-state index contributed by atoms with van der Waals surface area (Å²) in [5, 5.41) is 19.9. The molecule has 0 atom stereocenters. The van der Waals surface area contributed by atoms with E-state index in [9.17, 15) is 0 Å². The van der Waals surface area contributed by atoms with E-state index in [1.165, 1.54) is 11.1 Å². The number of benzene rings is 4. The van der Waals surface area contributed by atoms with Gasteiger partial charge in [0, 0.05) is 11.5 Å². The fraction of sp³-hybridized carbons (Fsp3) is 0.222. The van der Waals surface area contributed by atoms with Gasteiger partial charge in [0.1, 0.15) is 24.7 Å². The number of para-hydroxylation sites is 2. The van der Waals surface area contributed by atoms with E-state index >= 15 is 0 Å². The second-order valence-corrected chi connectivity index (χ2v) is 12.9. The molecule has 0 spiro atoms. The predicted octanol–water partition coefficient (Wildman–Crippen LogP) is 7.63. The number of rotatable bonds is 15. The lowest BCUT2D eigenvalue weighted by atomic mass is 10.2. The van der Waals surface area contributed by atoms with Gasteiger partial charge in [-0.2, -0.15) is 0 Å². The van der Waals surface area contributed by atoms with Crippen molar-refractivity contribution in [1.82, 2.24) is 29.5 Å². The van der Waals surface area contributed by atoms with Crippen LogP contribution in [-0.2, 0) is 26.3 Å². The molecule has 4 aromatic carbocycles. The van der Waals surface area contributed by atoms with Crippen molar-refractivity contribution in [3.05, 3.63) is 143 Å². The van der Waals surface area contributed by atoms with Crippen LogP contribution in [-0.4, -0.2) is 41.0 Å². The van der Waals surface area contributed by atoms with Crippen LogP contribution in [0.3, 0.4) is 0 Å². The third-order valence-electron chi connectivity index (χ3n) is 7.40. The minimum absolute atomic E-state index is 0.343. The minimum atomic E-state index is 0.343. The van der Waals surface area contributed by atoms with Crippen LogP contribution in [0, 0.1) is 13.8 Å². The molecule has 8 nitrogen and oxygen atoms in total. The highest BCUT2D eigenvalue weighted by Crippen LogP contribution is 2.26. The third-order valence-corrected chi connectivity index (χ3v) is 9.60. The molecular weight excluding hydrogens is 613 g/mol. The van der Waals surface area contributed by atoms with E-state index in [-0.39, 0.29) is 0 Å². The molecule has 0 saturated carbocycles. The normalized spacial score (nSPS) is 11.1. The molecule has 0 aliphatic carbocycles. The van der Waals surface area contributed by atoms with E-state index < -0.39 is 0 Å². The molecule has 0 unspecified atom stereocenters. The van der Waals surface area contributed by atoms with Gasteiger partial charge < -0.3 is 9.47 Å². The first-order valence-corrected chi connectivity index (χ1v) is 17.2. The fourth-order valence-electron chi connectivity index (χ4n) is 4.90. The third kappa shape index (κ3) is 8.18. The summed E-state index contributed by atoms with van der Waals surface area (Å²) in [6.45, 7) is 6.12. The summed E-state index contributed by atoms with van der Waals surface area (Å²) < 4.78 is 16.6. The van der Waals surface area contributed by atoms with Crippen molar-refractivity contribution in [1.29, 1.82) is 0 Å². The molecule has 2 aromatic heterocycles. The highest BCUT2D eigenvalue weighted by Gasteiger charge is 2.17. The zero-order valence-electron chi connectivity index (χ0n) is 26.0. The Bertz CT molecular complexity index is 1710. The van der Waals surface area contributed by atoms with Gasteiger partial charge >= 0.3 is 0 Å². The predicted molar refractivity (Wildman–Crippen MR) is 184 cm³/mol. The Balaban J connectivity index is 1.13. The fourth-order valence-corrected chi connectivity index (χ4v) is 6.78. The lowest BCUT2D eigenvalue weighted by Crippen LogP contribution is -2.10. The monoisotopic (exact) mass is 648 g/mol. The van der Waals surface area contributed by atoms with Crippen molar-refractivity contribution in [2.45, 2.75) is 50.5 Å². The number of thioether (sulfide) groups is 2. The number of nitrogens with zero attached hydrogens (tertiary/aromatic N) is 6. The Morgan fingerprint density at radius 1 is 0.500 bits per heavy atom. The quantitative estimate of drug-likeness (QED) is 0.0831. The molecule has 6 aromatic rings. The summed E-state index contributed by atoms with van der Waals surface area (Å²) in [5.41, 5.74) is 4.55. The van der Waals surface area contributed by atoms with Gasteiger partial charge in [0.2, 0.25) is 0 Å². The van der Waals surface area contributed by atoms with Crippen molar-refractivity contribution in [3.8, 4) is 11.5 Å². The average molecular weight is 649 g/mol. The van der Waals surface area contributed by atoms with Crippen LogP contribution in [0.5, 0.6) is 11.5 Å². The highest BCUT2D eigenvalue weighted by atomic mass is 32.2. The van der Waals surface area contributed by atoms with Gasteiger partial charge in [-0.1, -0.05) is 121 Å². The van der Waals surface area contributed by atoms with Crippen molar-refractivity contribution in [2.75, 3.05) is 11.5 Å². The van der Waals surface area contributed by atoms with Gasteiger partial charge in [-0.15, -0.1) is 20.4 Å². The molecule has 0 radical (unpaired) electrons. The largest absolute Gasteiger partial charge is 0.485 e. The Hall–Kier alpha value is -4.54. The minimum Gasteiger partial charge on any atom is -0.485 e. The number of hydrogen-bond donors (Lipinski definition) is 0. The van der Waals surface area contributed by atoms with E-state index in [2.05, 4.69) is 78.1 Å². The van der Waals surface area contributed by atoms with Gasteiger partial charge in [0.25, 0.3) is 0 Å². The topological polar surface area (TPSA) is 79.9 Å². The van der Waals surface area contributed by atoms with Gasteiger partial charge in [-0.05, 0) is 48.2 Å². The molecule has 234 valence electrons. The summed E-state index contributed by atoms with van der Waals surface area (Å²) in [4.78, 5) is 0. The zero-order valence-corrected chi connectivity index (χ0v) is 27.6. The van der Waals surface area contributed by atoms with Crippen LogP contribution in [0.25, 0.3) is 0 Å². The van der Waals surface area contributed by atoms with E-state index in [1.807, 2.05) is 74.5 Å². The van der Waals surface area contributed by atoms with Gasteiger partial charge in [0.05, 0.1) is 13.1 Å². The van der Waals surface area contributed by atoms with Gasteiger partial charge in [0.15, 0.2) is 22.0 Å². The van der Waals surface area contributed by atoms with Crippen molar-refractivity contribution in [3.63, 3.8) is 0 Å². The summed E-state index contributed by atoms with van der Waals surface area (Å²) in [6.07, 6.45) is 0. The Morgan fingerprint density at radius 2 is 0.891 bits per heavy atom. The highest BCUT2D eigenvalue weighted by molar-refractivity contribution is 8.02. The molecule has 0 fully saturated rings. The molecule has 6 rings (SSSR count). The maximum Gasteiger partial charge on any atom is 0.191 e. The molecule has 0 aliphatic rings. The molecule has 46 heavy (non-hydrogen) atoms. The van der Waals surface area contributed by atoms with Crippen LogP contribution in [0.15, 0.2) is 120 Å². The summed E-state index contributed by atoms with van der Waals surface area (Å²) in [5.74, 6) is 4.94. The molecule has 2 heterocycles. The number of ether oxygens (including phenoxy) is 2. The first kappa shape index (κ1) is 31.4. The molecular formula is C36H36N6O2S2. The summed E-state index contributed by atoms with van der Waals surface area (Å²) in [6, 6.07) is 36.8. The van der Waals surface area contributed by atoms with E-state index in [4.69, 9.17) is 9.47 Å². The van der Waals surface area contributed by atoms with Crippen molar-refractivity contribution < 1.29 is 9.47 Å². The van der Waals surface area contributed by atoms with Crippen molar-refractivity contribution in [2.24, 2.45) is 0 Å². The number of aryl methyl sites for hydroxylation is 2. The zero-order chi connectivity index (χ0) is 31.6. The molecule has 0 amide bonds. The van der Waals surface area contributed by atoms with E-state index in [0.29, 0.717) is 26.3 Å². The maximum absolute atomic E-state index is 6.15. The average Bonchev–Trinajstić information content (AvgIpc) is 3.65. The molecule has 0 bridgehead atoms. The number of hydrogen-bond acceptors (Lipinski definition) is 8. The molecule has 0 saturated heterocycles. The van der Waals surface area contributed by atoms with Gasteiger partial charge in [-0.25, -0.2) is 0 Å². The first-order valence-electron chi connectivity index (χ1n) is 15.2. The second-order valence-electron chi connectivity index (χ2n) is 10.7. The SMILES string of the molecule is Cc1ccccc1OCc1nnc(SCCSc2nnc(COc3ccccc3C)n2Cc2ccccc2)n1Cc1ccccc1. The first-order chi connectivity index (χ1) is 22.6. The summed E-state index contributed by atoms with van der Waals surface area (Å²) in [7, 11) is 0. The molecule has 0 N–H and O–H groups in total. The molecule has 10 heteroatoms. The Morgan fingerprint density at radius 3 is 1.30 bits per heavy atom. The van der Waals surface area contributed by atoms with Crippen LogP contribution in [0.2, 0.25) is 0 Å². The van der Waals surface area contributed by atoms with Crippen LogP contribution in [0.4, 0.5) is 0 Å². The van der Waals surface area contributed by atoms with E-state index in [1.54, 1.807) is 23.5 Å². The second kappa shape index (κ2) is 15.6. The smallest absolute Gasteiger partial charge is 0.191 e. The summed E-state index contributed by atoms with van der Waals surface area (Å²) >= 11 is 3.38. The molecule has 0 aliphatic heterocycles. The van der Waals surface area contributed by atoms with Crippen molar-refractivity contribution >= 4 is 23.5 Å². The van der Waals surface area contributed by atoms with Crippen LogP contribution < -0.4 is 9.47 Å². The Kier molecular flexibility index (Phi) is 10.7. The lowest BCUT2D eigenvalue weighted by Gasteiger charge is -2.13.